The van der Waals surface area contributed by atoms with Gasteiger partial charge in [0.15, 0.2) is 0 Å². The third-order valence-electron chi connectivity index (χ3n) is 8.36. The third kappa shape index (κ3) is 7.36. The van der Waals surface area contributed by atoms with Gasteiger partial charge >= 0.3 is 0 Å². The molecule has 212 valence electrons. The number of methoxy groups -OCH3 is 1. The fourth-order valence-corrected chi connectivity index (χ4v) is 6.47. The smallest absolute Gasteiger partial charge is 0.224 e. The predicted molar refractivity (Wildman–Crippen MR) is 164 cm³/mol. The van der Waals surface area contributed by atoms with E-state index in [0.717, 1.165) is 75.1 Å². The minimum atomic E-state index is 0.0931. The summed E-state index contributed by atoms with van der Waals surface area (Å²) in [7, 11) is 1.74. The number of piperazine rings is 1. The number of halogens is 1. The summed E-state index contributed by atoms with van der Waals surface area (Å²) in [6.45, 7) is 8.97. The average Bonchev–Trinajstić information content (AvgIpc) is 2.97. The molecule has 5 rings (SSSR count). The zero-order chi connectivity index (χ0) is 27.9. The second-order valence-electron chi connectivity index (χ2n) is 11.1. The van der Waals surface area contributed by atoms with Crippen molar-refractivity contribution in [2.24, 2.45) is 5.92 Å². The van der Waals surface area contributed by atoms with Crippen LogP contribution >= 0.6 is 11.6 Å². The van der Waals surface area contributed by atoms with Gasteiger partial charge in [-0.3, -0.25) is 14.6 Å². The highest BCUT2D eigenvalue weighted by Crippen LogP contribution is 2.32. The molecule has 0 aliphatic carbocycles. The van der Waals surface area contributed by atoms with Gasteiger partial charge in [-0.1, -0.05) is 53.6 Å². The second-order valence-corrected chi connectivity index (χ2v) is 11.6. The first-order chi connectivity index (χ1) is 19.5. The van der Waals surface area contributed by atoms with E-state index in [0.29, 0.717) is 18.4 Å². The Morgan fingerprint density at radius 2 is 1.75 bits per heavy atom. The van der Waals surface area contributed by atoms with E-state index in [-0.39, 0.29) is 5.91 Å². The number of ether oxygens (including phenoxy) is 1. The van der Waals surface area contributed by atoms with Gasteiger partial charge < -0.3 is 15.0 Å². The minimum Gasteiger partial charge on any atom is -0.495 e. The number of nitrogens with zero attached hydrogens (tertiary/aromatic N) is 3. The van der Waals surface area contributed by atoms with E-state index in [9.17, 15) is 4.79 Å². The highest BCUT2D eigenvalue weighted by Gasteiger charge is 2.35. The van der Waals surface area contributed by atoms with Crippen molar-refractivity contribution >= 4 is 28.9 Å². The van der Waals surface area contributed by atoms with Crippen molar-refractivity contribution in [3.05, 3.63) is 88.9 Å². The summed E-state index contributed by atoms with van der Waals surface area (Å²) in [6.07, 6.45) is 2.52. The number of aryl methyl sites for hydroxylation is 1. The van der Waals surface area contributed by atoms with Gasteiger partial charge in [0.25, 0.3) is 0 Å². The Hall–Kier alpha value is -3.06. The van der Waals surface area contributed by atoms with Gasteiger partial charge in [-0.2, -0.15) is 0 Å². The maximum absolute atomic E-state index is 12.9. The Morgan fingerprint density at radius 3 is 2.50 bits per heavy atom. The number of anilines is 2. The summed E-state index contributed by atoms with van der Waals surface area (Å²) in [4.78, 5) is 20.6. The van der Waals surface area contributed by atoms with Crippen LogP contribution in [0.3, 0.4) is 0 Å². The van der Waals surface area contributed by atoms with E-state index >= 15 is 0 Å². The van der Waals surface area contributed by atoms with Crippen LogP contribution in [-0.4, -0.2) is 68.1 Å². The van der Waals surface area contributed by atoms with Gasteiger partial charge in [-0.05, 0) is 74.2 Å². The van der Waals surface area contributed by atoms with Crippen molar-refractivity contribution in [2.75, 3.05) is 56.6 Å². The summed E-state index contributed by atoms with van der Waals surface area (Å²) in [5.74, 6) is 1.45. The largest absolute Gasteiger partial charge is 0.495 e. The standard InChI is InChI=1S/C33H41ClN4O2/c1-25-10-13-29(14-11-25)35-33(39)15-12-27-24-36(23-26-6-5-7-28(34)22-26)17-16-30(27)37-18-20-38(21-19-37)31-8-3-4-9-32(31)40-2/h3-11,13-14,22,27,30H,12,15-21,23-24H2,1-2H3,(H,35,39)/t27-,30+/m1/s1. The molecule has 0 bridgehead atoms. The molecule has 0 saturated carbocycles. The van der Waals surface area contributed by atoms with Gasteiger partial charge in [-0.25, -0.2) is 0 Å². The number of carbonyl (C=O) groups is 1. The highest BCUT2D eigenvalue weighted by molar-refractivity contribution is 6.30. The first kappa shape index (κ1) is 28.5. The van der Waals surface area contributed by atoms with Crippen LogP contribution < -0.4 is 15.0 Å². The lowest BCUT2D eigenvalue weighted by atomic mass is 9.86. The highest BCUT2D eigenvalue weighted by atomic mass is 35.5. The molecule has 3 aromatic rings. The molecule has 1 N–H and O–H groups in total. The number of benzene rings is 3. The van der Waals surface area contributed by atoms with E-state index in [2.05, 4.69) is 51.2 Å². The maximum atomic E-state index is 12.9. The Kier molecular flexibility index (Phi) is 9.63. The number of hydrogen-bond donors (Lipinski definition) is 1. The lowest BCUT2D eigenvalue weighted by Gasteiger charge is -2.47. The molecule has 1 amide bonds. The van der Waals surface area contributed by atoms with E-state index in [4.69, 9.17) is 16.3 Å². The molecule has 0 radical (unpaired) electrons. The monoisotopic (exact) mass is 560 g/mol. The van der Waals surface area contributed by atoms with Crippen molar-refractivity contribution in [1.29, 1.82) is 0 Å². The molecule has 7 heteroatoms. The zero-order valence-electron chi connectivity index (χ0n) is 23.7. The Bertz CT molecular complexity index is 1260. The number of amides is 1. The Balaban J connectivity index is 1.23. The fraction of sp³-hybridized carbons (Fsp3) is 0.424. The molecule has 2 saturated heterocycles. The quantitative estimate of drug-likeness (QED) is 0.343. The van der Waals surface area contributed by atoms with Crippen LogP contribution in [-0.2, 0) is 11.3 Å². The van der Waals surface area contributed by atoms with Crippen LogP contribution in [0.2, 0.25) is 5.02 Å². The number of para-hydroxylation sites is 2. The third-order valence-corrected chi connectivity index (χ3v) is 8.59. The molecule has 2 atom stereocenters. The number of likely N-dealkylation sites (tertiary alicyclic amines) is 1. The first-order valence-electron chi connectivity index (χ1n) is 14.4. The lowest BCUT2D eigenvalue weighted by molar-refractivity contribution is -0.116. The van der Waals surface area contributed by atoms with Crippen LogP contribution in [0.4, 0.5) is 11.4 Å². The second kappa shape index (κ2) is 13.5. The van der Waals surface area contributed by atoms with E-state index in [1.165, 1.54) is 16.8 Å². The van der Waals surface area contributed by atoms with Crippen LogP contribution in [0, 0.1) is 12.8 Å². The van der Waals surface area contributed by atoms with Crippen molar-refractivity contribution < 1.29 is 9.53 Å². The molecule has 2 aliphatic rings. The molecule has 3 aromatic carbocycles. The van der Waals surface area contributed by atoms with Gasteiger partial charge in [0, 0.05) is 62.4 Å². The summed E-state index contributed by atoms with van der Waals surface area (Å²) >= 11 is 6.27. The zero-order valence-corrected chi connectivity index (χ0v) is 24.4. The van der Waals surface area contributed by atoms with Crippen molar-refractivity contribution in [3.63, 3.8) is 0 Å². The normalized spacial score (nSPS) is 20.3. The molecule has 0 unspecified atom stereocenters. The number of rotatable bonds is 9. The number of hydrogen-bond acceptors (Lipinski definition) is 5. The summed E-state index contributed by atoms with van der Waals surface area (Å²) in [5, 5.41) is 3.88. The number of nitrogens with one attached hydrogen (secondary N) is 1. The number of piperidine rings is 1. The first-order valence-corrected chi connectivity index (χ1v) is 14.8. The van der Waals surface area contributed by atoms with Crippen molar-refractivity contribution in [2.45, 2.75) is 38.8 Å². The average molecular weight is 561 g/mol. The minimum absolute atomic E-state index is 0.0931. The molecular weight excluding hydrogens is 520 g/mol. The predicted octanol–water partition coefficient (Wildman–Crippen LogP) is 6.09. The Morgan fingerprint density at radius 1 is 0.975 bits per heavy atom. The topological polar surface area (TPSA) is 48.1 Å². The SMILES string of the molecule is COc1ccccc1N1CCN([C@H]2CCN(Cc3cccc(Cl)c3)C[C@H]2CCC(=O)Nc2ccc(C)cc2)CC1. The molecular formula is C33H41ClN4O2. The molecule has 0 spiro atoms. The molecule has 6 nitrogen and oxygen atoms in total. The molecule has 2 heterocycles. The van der Waals surface area contributed by atoms with Gasteiger partial charge in [0.1, 0.15) is 5.75 Å². The van der Waals surface area contributed by atoms with E-state index in [1.807, 2.05) is 48.5 Å². The van der Waals surface area contributed by atoms with Gasteiger partial charge in [-0.15, -0.1) is 0 Å². The van der Waals surface area contributed by atoms with Crippen LogP contribution in [0.25, 0.3) is 0 Å². The van der Waals surface area contributed by atoms with E-state index < -0.39 is 0 Å². The van der Waals surface area contributed by atoms with Crippen LogP contribution in [0.1, 0.15) is 30.4 Å². The summed E-state index contributed by atoms with van der Waals surface area (Å²) in [5.41, 5.74) is 4.47. The maximum Gasteiger partial charge on any atom is 0.224 e. The summed E-state index contributed by atoms with van der Waals surface area (Å²) in [6, 6.07) is 25.0. The van der Waals surface area contributed by atoms with Gasteiger partial charge in [0.05, 0.1) is 12.8 Å². The van der Waals surface area contributed by atoms with Crippen LogP contribution in [0.5, 0.6) is 5.75 Å². The molecule has 2 fully saturated rings. The van der Waals surface area contributed by atoms with E-state index in [1.54, 1.807) is 7.11 Å². The molecule has 2 aliphatic heterocycles. The van der Waals surface area contributed by atoms with Crippen molar-refractivity contribution in [3.8, 4) is 5.75 Å². The molecule has 40 heavy (non-hydrogen) atoms. The van der Waals surface area contributed by atoms with Gasteiger partial charge in [0.2, 0.25) is 5.91 Å². The fourth-order valence-electron chi connectivity index (χ4n) is 6.26. The Labute approximate surface area is 243 Å². The van der Waals surface area contributed by atoms with Crippen molar-refractivity contribution in [1.82, 2.24) is 9.80 Å². The summed E-state index contributed by atoms with van der Waals surface area (Å²) < 4.78 is 5.62. The van der Waals surface area contributed by atoms with Crippen LogP contribution in [0.15, 0.2) is 72.8 Å². The molecule has 0 aromatic heterocycles. The number of carbonyl (C=O) groups excluding carboxylic acids is 1. The lowest BCUT2D eigenvalue weighted by Crippen LogP contribution is -2.56.